The molecule has 0 heterocycles. The summed E-state index contributed by atoms with van der Waals surface area (Å²) >= 11 is 0. The van der Waals surface area contributed by atoms with Gasteiger partial charge in [0, 0.05) is 16.8 Å². The minimum absolute atomic E-state index is 0.0990. The summed E-state index contributed by atoms with van der Waals surface area (Å²) in [5, 5.41) is 0. The van der Waals surface area contributed by atoms with Gasteiger partial charge in [-0.15, -0.1) is 0 Å². The van der Waals surface area contributed by atoms with Crippen LogP contribution in [0.3, 0.4) is 0 Å². The van der Waals surface area contributed by atoms with Crippen LogP contribution in [-0.4, -0.2) is 105 Å². The molecule has 0 fully saturated rings. The molecule has 224 valence electrons. The van der Waals surface area contributed by atoms with Crippen LogP contribution in [0.2, 0.25) is 0 Å². The highest BCUT2D eigenvalue weighted by Gasteiger charge is 2.11. The Labute approximate surface area is 233 Å². The Hall–Kier alpha value is -2.71. The van der Waals surface area contributed by atoms with E-state index < -0.39 is 6.61 Å². The van der Waals surface area contributed by atoms with E-state index in [1.165, 1.54) is 0 Å². The van der Waals surface area contributed by atoms with Crippen molar-refractivity contribution in [3.63, 3.8) is 0 Å². The van der Waals surface area contributed by atoms with E-state index in [-0.39, 0.29) is 19.0 Å². The first-order chi connectivity index (χ1) is 19.6. The number of hydrogen-bond donors (Lipinski definition) is 1. The van der Waals surface area contributed by atoms with Crippen LogP contribution < -0.4 is 10.5 Å². The smallest absolute Gasteiger partial charge is 0.345 e. The molecule has 2 N–H and O–H groups in total. The fraction of sp³-hybridized carbons (Fsp3) is 0.536. The highest BCUT2D eigenvalue weighted by molar-refractivity contribution is 6.12. The summed E-state index contributed by atoms with van der Waals surface area (Å²) in [4.78, 5) is 12.6. The first kappa shape index (κ1) is 33.5. The summed E-state index contributed by atoms with van der Waals surface area (Å²) in [5.41, 5.74) is 7.35. The number of halogens is 2. The fourth-order valence-corrected chi connectivity index (χ4v) is 3.18. The number of nitrogens with two attached hydrogens (primary N) is 1. The van der Waals surface area contributed by atoms with Gasteiger partial charge in [0.1, 0.15) is 12.4 Å². The lowest BCUT2D eigenvalue weighted by Gasteiger charge is -2.09. The van der Waals surface area contributed by atoms with E-state index >= 15 is 0 Å². The van der Waals surface area contributed by atoms with Crippen LogP contribution in [0.4, 0.5) is 14.5 Å². The van der Waals surface area contributed by atoms with Crippen molar-refractivity contribution in [2.45, 2.75) is 6.61 Å². The second kappa shape index (κ2) is 22.0. The van der Waals surface area contributed by atoms with Crippen molar-refractivity contribution in [3.05, 3.63) is 59.7 Å². The van der Waals surface area contributed by atoms with Crippen LogP contribution >= 0.6 is 0 Å². The number of carbonyl (C=O) groups excluding carboxylic acids is 1. The second-order valence-electron chi connectivity index (χ2n) is 8.09. The van der Waals surface area contributed by atoms with Crippen LogP contribution in [-0.2, 0) is 33.2 Å². The van der Waals surface area contributed by atoms with Crippen LogP contribution in [0.5, 0.6) is 5.75 Å². The van der Waals surface area contributed by atoms with Crippen molar-refractivity contribution < 1.29 is 51.5 Å². The normalized spacial score (nSPS) is 11.3. The van der Waals surface area contributed by atoms with Gasteiger partial charge in [-0.2, -0.15) is 8.78 Å². The molecule has 0 aromatic heterocycles. The Morgan fingerprint density at radius 3 is 1.48 bits per heavy atom. The standard InChI is InChI=1S/C28H39F2NO9/c29-28(30)40-22-20-38-18-16-36-14-12-34-10-9-33-11-13-35-15-17-37-19-21-39-24-7-5-23(6-8-24)27(32)25-3-1-2-4-26(25)31/h1-8,28H,9-22,31H2. The Kier molecular flexibility index (Phi) is 18.5. The molecule has 0 aliphatic heterocycles. The molecule has 10 nitrogen and oxygen atoms in total. The number of hydrogen-bond acceptors (Lipinski definition) is 10. The first-order valence-corrected chi connectivity index (χ1v) is 13.1. The van der Waals surface area contributed by atoms with E-state index in [2.05, 4.69) is 4.74 Å². The molecule has 0 spiro atoms. The predicted molar refractivity (Wildman–Crippen MR) is 143 cm³/mol. The molecule has 2 rings (SSSR count). The molecule has 40 heavy (non-hydrogen) atoms. The maximum Gasteiger partial charge on any atom is 0.345 e. The SMILES string of the molecule is Nc1ccccc1C(=O)c1ccc(OCCOCCOCCOCCOCCOCCOCCOC(F)F)cc1. The van der Waals surface area contributed by atoms with Gasteiger partial charge in [-0.1, -0.05) is 12.1 Å². The number of benzene rings is 2. The number of alkyl halides is 2. The summed E-state index contributed by atoms with van der Waals surface area (Å²) in [5.74, 6) is 0.516. The van der Waals surface area contributed by atoms with Gasteiger partial charge in [-0.25, -0.2) is 0 Å². The molecule has 0 amide bonds. The van der Waals surface area contributed by atoms with Crippen LogP contribution in [0, 0.1) is 0 Å². The molecule has 0 bridgehead atoms. The summed E-state index contributed by atoms with van der Waals surface area (Å²) < 4.78 is 65.2. The zero-order valence-corrected chi connectivity index (χ0v) is 22.6. The molecular weight excluding hydrogens is 532 g/mol. The minimum atomic E-state index is -2.77. The van der Waals surface area contributed by atoms with Gasteiger partial charge in [-0.05, 0) is 36.4 Å². The number of rotatable bonds is 25. The Balaban J connectivity index is 1.32. The van der Waals surface area contributed by atoms with Crippen LogP contribution in [0.25, 0.3) is 0 Å². The van der Waals surface area contributed by atoms with Crippen molar-refractivity contribution in [2.24, 2.45) is 0 Å². The predicted octanol–water partition coefficient (Wildman–Crippen LogP) is 3.22. The summed E-state index contributed by atoms with van der Waals surface area (Å²) in [7, 11) is 0. The van der Waals surface area contributed by atoms with E-state index in [0.29, 0.717) is 102 Å². The van der Waals surface area contributed by atoms with Crippen LogP contribution in [0.1, 0.15) is 15.9 Å². The van der Waals surface area contributed by atoms with Crippen molar-refractivity contribution in [1.82, 2.24) is 0 Å². The van der Waals surface area contributed by atoms with Gasteiger partial charge in [-0.3, -0.25) is 4.79 Å². The molecule has 0 radical (unpaired) electrons. The topological polar surface area (TPSA) is 117 Å². The molecule has 0 aliphatic carbocycles. The molecule has 12 heteroatoms. The summed E-state index contributed by atoms with van der Waals surface area (Å²) in [6, 6.07) is 13.9. The van der Waals surface area contributed by atoms with Gasteiger partial charge in [0.15, 0.2) is 5.78 Å². The molecular formula is C28H39F2NO9. The third kappa shape index (κ3) is 15.8. The van der Waals surface area contributed by atoms with Crippen molar-refractivity contribution in [2.75, 3.05) is 98.2 Å². The number of ether oxygens (including phenoxy) is 8. The largest absolute Gasteiger partial charge is 0.491 e. The minimum Gasteiger partial charge on any atom is -0.491 e. The molecule has 0 saturated heterocycles. The van der Waals surface area contributed by atoms with Gasteiger partial charge in [0.05, 0.1) is 85.9 Å². The lowest BCUT2D eigenvalue weighted by atomic mass is 10.0. The number of nitrogen functional groups attached to an aromatic ring is 1. The fourth-order valence-electron chi connectivity index (χ4n) is 3.18. The average Bonchev–Trinajstić information content (AvgIpc) is 2.96. The second-order valence-corrected chi connectivity index (χ2v) is 8.09. The van der Waals surface area contributed by atoms with Gasteiger partial charge in [0.2, 0.25) is 0 Å². The Morgan fingerprint density at radius 1 is 0.600 bits per heavy atom. The zero-order chi connectivity index (χ0) is 28.7. The van der Waals surface area contributed by atoms with Gasteiger partial charge in [0.25, 0.3) is 0 Å². The van der Waals surface area contributed by atoms with Crippen LogP contribution in [0.15, 0.2) is 48.5 Å². The third-order valence-corrected chi connectivity index (χ3v) is 5.15. The average molecular weight is 572 g/mol. The van der Waals surface area contributed by atoms with E-state index in [9.17, 15) is 13.6 Å². The monoisotopic (exact) mass is 571 g/mol. The molecule has 0 atom stereocenters. The Bertz CT molecular complexity index is 919. The lowest BCUT2D eigenvalue weighted by molar-refractivity contribution is -0.140. The third-order valence-electron chi connectivity index (χ3n) is 5.15. The van der Waals surface area contributed by atoms with Gasteiger partial charge >= 0.3 is 6.61 Å². The summed E-state index contributed by atoms with van der Waals surface area (Å²) in [6.07, 6.45) is 0. The lowest BCUT2D eigenvalue weighted by Crippen LogP contribution is -2.15. The highest BCUT2D eigenvalue weighted by Crippen LogP contribution is 2.19. The number of anilines is 1. The van der Waals surface area contributed by atoms with E-state index in [0.717, 1.165) is 0 Å². The van der Waals surface area contributed by atoms with E-state index in [4.69, 9.17) is 38.9 Å². The number of para-hydroxylation sites is 1. The van der Waals surface area contributed by atoms with E-state index in [1.54, 1.807) is 48.5 Å². The van der Waals surface area contributed by atoms with Crippen molar-refractivity contribution >= 4 is 11.5 Å². The quantitative estimate of drug-likeness (QED) is 0.108. The van der Waals surface area contributed by atoms with Crippen molar-refractivity contribution in [1.29, 1.82) is 0 Å². The van der Waals surface area contributed by atoms with Crippen molar-refractivity contribution in [3.8, 4) is 5.75 Å². The highest BCUT2D eigenvalue weighted by atomic mass is 19.3. The van der Waals surface area contributed by atoms with Gasteiger partial charge < -0.3 is 43.6 Å². The zero-order valence-electron chi connectivity index (χ0n) is 22.6. The number of ketones is 1. The summed E-state index contributed by atoms with van der Waals surface area (Å²) in [6.45, 7) is 2.11. The molecule has 2 aromatic rings. The van der Waals surface area contributed by atoms with E-state index in [1.807, 2.05) is 0 Å². The molecule has 0 aliphatic rings. The molecule has 0 unspecified atom stereocenters. The maximum absolute atomic E-state index is 12.6. The number of carbonyl (C=O) groups is 1. The Morgan fingerprint density at radius 2 is 1.02 bits per heavy atom. The molecule has 0 saturated carbocycles. The first-order valence-electron chi connectivity index (χ1n) is 13.1. The molecule has 2 aromatic carbocycles. The maximum atomic E-state index is 12.6.